The summed E-state index contributed by atoms with van der Waals surface area (Å²) in [5, 5.41) is 0.610. The number of rotatable bonds is 7. The Balaban J connectivity index is 1.27. The molecule has 0 spiro atoms. The second-order valence-electron chi connectivity index (χ2n) is 7.43. The van der Waals surface area contributed by atoms with E-state index in [4.69, 9.17) is 25.5 Å². The van der Waals surface area contributed by atoms with E-state index in [2.05, 4.69) is 11.0 Å². The number of benzene rings is 2. The summed E-state index contributed by atoms with van der Waals surface area (Å²) >= 11 is 5.96. The summed E-state index contributed by atoms with van der Waals surface area (Å²) in [6.07, 6.45) is 0. The minimum atomic E-state index is -0.0879. The Morgan fingerprint density at radius 2 is 1.77 bits per heavy atom. The lowest BCUT2D eigenvalue weighted by molar-refractivity contribution is 0.0594. The van der Waals surface area contributed by atoms with Crippen LogP contribution in [0.15, 0.2) is 65.1 Å². The van der Waals surface area contributed by atoms with Crippen molar-refractivity contribution < 1.29 is 18.7 Å². The Morgan fingerprint density at radius 3 is 2.55 bits per heavy atom. The molecule has 31 heavy (non-hydrogen) atoms. The lowest BCUT2D eigenvalue weighted by Gasteiger charge is -2.34. The van der Waals surface area contributed by atoms with Gasteiger partial charge in [0.2, 0.25) is 0 Å². The van der Waals surface area contributed by atoms with Crippen molar-refractivity contribution >= 4 is 17.5 Å². The van der Waals surface area contributed by atoms with Crippen molar-refractivity contribution in [3.63, 3.8) is 0 Å². The fourth-order valence-electron chi connectivity index (χ4n) is 3.58. The Bertz CT molecular complexity index is 1030. The zero-order valence-corrected chi connectivity index (χ0v) is 18.2. The monoisotopic (exact) mass is 440 g/mol. The lowest BCUT2D eigenvalue weighted by Crippen LogP contribution is -2.48. The van der Waals surface area contributed by atoms with Crippen molar-refractivity contribution in [2.75, 3.05) is 33.3 Å². The average Bonchev–Trinajstić information content (AvgIpc) is 3.27. The zero-order chi connectivity index (χ0) is 21.6. The van der Waals surface area contributed by atoms with Crippen molar-refractivity contribution in [1.82, 2.24) is 9.80 Å². The second-order valence-corrected chi connectivity index (χ2v) is 7.87. The molecule has 162 valence electrons. The molecule has 1 aliphatic rings. The molecule has 6 nitrogen and oxygen atoms in total. The maximum atomic E-state index is 12.8. The van der Waals surface area contributed by atoms with E-state index in [1.807, 2.05) is 35.2 Å². The third-order valence-electron chi connectivity index (χ3n) is 5.25. The maximum Gasteiger partial charge on any atom is 0.289 e. The van der Waals surface area contributed by atoms with E-state index in [1.165, 1.54) is 5.56 Å². The predicted octanol–water partition coefficient (Wildman–Crippen LogP) is 4.48. The fourth-order valence-corrected chi connectivity index (χ4v) is 3.76. The van der Waals surface area contributed by atoms with Crippen molar-refractivity contribution in [3.8, 4) is 11.5 Å². The molecule has 3 aromatic rings. The first-order valence-electron chi connectivity index (χ1n) is 10.2. The van der Waals surface area contributed by atoms with Gasteiger partial charge in [0.05, 0.1) is 7.11 Å². The Labute approximate surface area is 186 Å². The van der Waals surface area contributed by atoms with Gasteiger partial charge in [-0.1, -0.05) is 29.8 Å². The van der Waals surface area contributed by atoms with Crippen molar-refractivity contribution in [3.05, 3.63) is 82.8 Å². The maximum absolute atomic E-state index is 12.8. The number of furan rings is 1. The fraction of sp³-hybridized carbons (Fsp3) is 0.292. The van der Waals surface area contributed by atoms with E-state index in [-0.39, 0.29) is 12.5 Å². The first-order valence-corrected chi connectivity index (χ1v) is 10.6. The highest BCUT2D eigenvalue weighted by Crippen LogP contribution is 2.20. The lowest BCUT2D eigenvalue weighted by atomic mass is 10.2. The predicted molar refractivity (Wildman–Crippen MR) is 119 cm³/mol. The third kappa shape index (κ3) is 5.60. The van der Waals surface area contributed by atoms with Crippen LogP contribution in [0, 0.1) is 0 Å². The van der Waals surface area contributed by atoms with Gasteiger partial charge in [0.1, 0.15) is 23.9 Å². The van der Waals surface area contributed by atoms with Gasteiger partial charge < -0.3 is 18.8 Å². The number of hydrogen-bond acceptors (Lipinski definition) is 5. The Hall–Kier alpha value is -2.96. The summed E-state index contributed by atoms with van der Waals surface area (Å²) in [6, 6.07) is 18.7. The van der Waals surface area contributed by atoms with Crippen LogP contribution in [0.5, 0.6) is 11.5 Å². The van der Waals surface area contributed by atoms with Gasteiger partial charge in [-0.15, -0.1) is 0 Å². The van der Waals surface area contributed by atoms with Gasteiger partial charge in [0.15, 0.2) is 5.76 Å². The topological polar surface area (TPSA) is 55.2 Å². The SMILES string of the molecule is COc1cccc(CN2CCN(C(=O)c3ccc(COc4cccc(Cl)c4)o3)CC2)c1. The highest BCUT2D eigenvalue weighted by Gasteiger charge is 2.24. The zero-order valence-electron chi connectivity index (χ0n) is 17.4. The van der Waals surface area contributed by atoms with Gasteiger partial charge in [-0.3, -0.25) is 9.69 Å². The molecule has 1 saturated heterocycles. The van der Waals surface area contributed by atoms with Gasteiger partial charge in [0, 0.05) is 37.7 Å². The molecule has 0 N–H and O–H groups in total. The van der Waals surface area contributed by atoms with E-state index in [9.17, 15) is 4.79 Å². The summed E-state index contributed by atoms with van der Waals surface area (Å²) in [7, 11) is 1.67. The Kier molecular flexibility index (Phi) is 6.79. The van der Waals surface area contributed by atoms with Gasteiger partial charge in [0.25, 0.3) is 5.91 Å². The van der Waals surface area contributed by atoms with E-state index in [0.717, 1.165) is 25.4 Å². The second kappa shape index (κ2) is 9.90. The average molecular weight is 441 g/mol. The number of methoxy groups -OCH3 is 1. The smallest absolute Gasteiger partial charge is 0.289 e. The van der Waals surface area contributed by atoms with Gasteiger partial charge >= 0.3 is 0 Å². The van der Waals surface area contributed by atoms with Crippen LogP contribution in [0.25, 0.3) is 0 Å². The molecular weight excluding hydrogens is 416 g/mol. The summed E-state index contributed by atoms with van der Waals surface area (Å²) in [4.78, 5) is 17.0. The molecule has 0 bridgehead atoms. The van der Waals surface area contributed by atoms with Crippen LogP contribution in [-0.4, -0.2) is 49.0 Å². The van der Waals surface area contributed by atoms with E-state index < -0.39 is 0 Å². The Morgan fingerprint density at radius 1 is 1.00 bits per heavy atom. The van der Waals surface area contributed by atoms with Crippen molar-refractivity contribution in [2.24, 2.45) is 0 Å². The van der Waals surface area contributed by atoms with Crippen LogP contribution < -0.4 is 9.47 Å². The quantitative estimate of drug-likeness (QED) is 0.542. The normalized spacial score (nSPS) is 14.5. The summed E-state index contributed by atoms with van der Waals surface area (Å²) in [5.74, 6) is 2.36. The van der Waals surface area contributed by atoms with Gasteiger partial charge in [-0.2, -0.15) is 0 Å². The van der Waals surface area contributed by atoms with Crippen LogP contribution in [0.2, 0.25) is 5.02 Å². The number of hydrogen-bond donors (Lipinski definition) is 0. The molecular formula is C24H25ClN2O4. The number of carbonyl (C=O) groups is 1. The number of carbonyl (C=O) groups excluding carboxylic acids is 1. The molecule has 1 aliphatic heterocycles. The van der Waals surface area contributed by atoms with Crippen LogP contribution >= 0.6 is 11.6 Å². The molecule has 0 radical (unpaired) electrons. The molecule has 1 amide bonds. The van der Waals surface area contributed by atoms with Crippen molar-refractivity contribution in [2.45, 2.75) is 13.2 Å². The van der Waals surface area contributed by atoms with Gasteiger partial charge in [-0.25, -0.2) is 0 Å². The number of ether oxygens (including phenoxy) is 2. The first kappa shape index (κ1) is 21.3. The minimum Gasteiger partial charge on any atom is -0.497 e. The number of halogens is 1. The van der Waals surface area contributed by atoms with E-state index in [0.29, 0.717) is 35.4 Å². The summed E-state index contributed by atoms with van der Waals surface area (Å²) in [5.41, 5.74) is 1.20. The van der Waals surface area contributed by atoms with E-state index in [1.54, 1.807) is 31.4 Å². The first-order chi connectivity index (χ1) is 15.1. The molecule has 2 heterocycles. The highest BCUT2D eigenvalue weighted by atomic mass is 35.5. The molecule has 7 heteroatoms. The van der Waals surface area contributed by atoms with E-state index >= 15 is 0 Å². The number of piperazine rings is 1. The molecule has 4 rings (SSSR count). The summed E-state index contributed by atoms with van der Waals surface area (Å²) in [6.45, 7) is 4.03. The third-order valence-corrected chi connectivity index (χ3v) is 5.48. The van der Waals surface area contributed by atoms with Crippen LogP contribution in [0.4, 0.5) is 0 Å². The molecule has 0 unspecified atom stereocenters. The molecule has 0 saturated carbocycles. The standard InChI is InChI=1S/C24H25ClN2O4/c1-29-20-6-2-4-18(14-20)16-26-10-12-27(13-11-26)24(28)23-9-8-22(31-23)17-30-21-7-3-5-19(25)15-21/h2-9,14-15H,10-13,16-17H2,1H3. The number of nitrogens with zero attached hydrogens (tertiary/aromatic N) is 2. The minimum absolute atomic E-state index is 0.0879. The molecule has 2 aromatic carbocycles. The molecule has 0 aliphatic carbocycles. The molecule has 1 aromatic heterocycles. The van der Waals surface area contributed by atoms with Gasteiger partial charge in [-0.05, 0) is 48.0 Å². The highest BCUT2D eigenvalue weighted by molar-refractivity contribution is 6.30. The van der Waals surface area contributed by atoms with Crippen LogP contribution in [-0.2, 0) is 13.2 Å². The number of amides is 1. The van der Waals surface area contributed by atoms with Crippen molar-refractivity contribution in [1.29, 1.82) is 0 Å². The molecule has 1 fully saturated rings. The molecule has 0 atom stereocenters. The van der Waals surface area contributed by atoms with Crippen LogP contribution in [0.3, 0.4) is 0 Å². The summed E-state index contributed by atoms with van der Waals surface area (Å²) < 4.78 is 16.7. The largest absolute Gasteiger partial charge is 0.497 e. The van der Waals surface area contributed by atoms with Crippen LogP contribution in [0.1, 0.15) is 21.9 Å².